The first kappa shape index (κ1) is 13.4. The molecular formula is C10H20N6O. The van der Waals surface area contributed by atoms with Gasteiger partial charge in [-0.25, -0.2) is 0 Å². The van der Waals surface area contributed by atoms with Crippen LogP contribution in [0.2, 0.25) is 0 Å². The van der Waals surface area contributed by atoms with E-state index in [-0.39, 0.29) is 6.61 Å². The largest absolute Gasteiger partial charge is 0.394 e. The van der Waals surface area contributed by atoms with Crippen LogP contribution in [0.3, 0.4) is 0 Å². The van der Waals surface area contributed by atoms with Gasteiger partial charge in [-0.2, -0.15) is 15.0 Å². The van der Waals surface area contributed by atoms with E-state index in [1.807, 2.05) is 27.9 Å². The fraction of sp³-hybridized carbons (Fsp3) is 0.700. The summed E-state index contributed by atoms with van der Waals surface area (Å²) in [4.78, 5) is 14.4. The molecule has 0 atom stereocenters. The van der Waals surface area contributed by atoms with Crippen molar-refractivity contribution in [3.63, 3.8) is 0 Å². The summed E-state index contributed by atoms with van der Waals surface area (Å²) < 4.78 is 0. The van der Waals surface area contributed by atoms with Gasteiger partial charge in [-0.05, 0) is 13.8 Å². The molecule has 0 aliphatic carbocycles. The van der Waals surface area contributed by atoms with Gasteiger partial charge in [-0.3, -0.25) is 0 Å². The van der Waals surface area contributed by atoms with E-state index in [1.54, 1.807) is 11.9 Å². The van der Waals surface area contributed by atoms with Gasteiger partial charge in [0.25, 0.3) is 0 Å². The average molecular weight is 240 g/mol. The molecule has 17 heavy (non-hydrogen) atoms. The van der Waals surface area contributed by atoms with Crippen molar-refractivity contribution in [2.75, 3.05) is 43.3 Å². The molecule has 3 N–H and O–H groups in total. The van der Waals surface area contributed by atoms with Gasteiger partial charge >= 0.3 is 0 Å². The second kappa shape index (κ2) is 5.13. The van der Waals surface area contributed by atoms with E-state index < -0.39 is 5.54 Å². The quantitative estimate of drug-likeness (QED) is 0.676. The molecule has 0 bridgehead atoms. The molecule has 1 aromatic rings. The van der Waals surface area contributed by atoms with Gasteiger partial charge in [0, 0.05) is 21.1 Å². The van der Waals surface area contributed by atoms with E-state index in [0.29, 0.717) is 17.8 Å². The smallest absolute Gasteiger partial charge is 0.231 e. The topological polar surface area (TPSA) is 86.2 Å². The highest BCUT2D eigenvalue weighted by atomic mass is 16.3. The van der Waals surface area contributed by atoms with Crippen molar-refractivity contribution < 1.29 is 5.11 Å². The molecule has 0 saturated heterocycles. The minimum absolute atomic E-state index is 0.00906. The van der Waals surface area contributed by atoms with Gasteiger partial charge in [-0.15, -0.1) is 0 Å². The Labute approximate surface area is 101 Å². The summed E-state index contributed by atoms with van der Waals surface area (Å²) in [6.07, 6.45) is 0. The van der Waals surface area contributed by atoms with Crippen LogP contribution < -0.4 is 15.5 Å². The van der Waals surface area contributed by atoms with Crippen molar-refractivity contribution >= 4 is 17.8 Å². The Morgan fingerprint density at radius 3 is 2.24 bits per heavy atom. The highest BCUT2D eigenvalue weighted by Gasteiger charge is 2.18. The molecule has 0 aliphatic rings. The SMILES string of the molecule is CNc1nc(NC(C)(C)CO)nc(N(C)C)n1. The summed E-state index contributed by atoms with van der Waals surface area (Å²) in [5.41, 5.74) is -0.476. The maximum Gasteiger partial charge on any atom is 0.231 e. The molecule has 0 amide bonds. The molecule has 1 aromatic heterocycles. The summed E-state index contributed by atoms with van der Waals surface area (Å²) in [5, 5.41) is 15.1. The molecule has 0 saturated carbocycles. The summed E-state index contributed by atoms with van der Waals surface area (Å²) in [6.45, 7) is 3.72. The van der Waals surface area contributed by atoms with Crippen molar-refractivity contribution in [2.24, 2.45) is 0 Å². The second-order valence-electron chi connectivity index (χ2n) is 4.59. The third-order valence-corrected chi connectivity index (χ3v) is 2.09. The fourth-order valence-electron chi connectivity index (χ4n) is 1.07. The zero-order valence-corrected chi connectivity index (χ0v) is 10.9. The number of hydrogen-bond acceptors (Lipinski definition) is 7. The van der Waals surface area contributed by atoms with E-state index in [0.717, 1.165) is 0 Å². The summed E-state index contributed by atoms with van der Waals surface area (Å²) in [7, 11) is 5.46. The molecule has 0 aromatic carbocycles. The molecule has 0 aliphatic heterocycles. The van der Waals surface area contributed by atoms with Crippen LogP contribution in [0.4, 0.5) is 17.8 Å². The molecule has 0 fully saturated rings. The molecule has 0 radical (unpaired) electrons. The predicted molar refractivity (Wildman–Crippen MR) is 68.5 cm³/mol. The van der Waals surface area contributed by atoms with Gasteiger partial charge in [0.05, 0.1) is 12.1 Å². The van der Waals surface area contributed by atoms with Crippen molar-refractivity contribution in [1.82, 2.24) is 15.0 Å². The maximum absolute atomic E-state index is 9.20. The highest BCUT2D eigenvalue weighted by Crippen LogP contribution is 2.15. The third-order valence-electron chi connectivity index (χ3n) is 2.09. The lowest BCUT2D eigenvalue weighted by atomic mass is 10.1. The number of rotatable bonds is 5. The van der Waals surface area contributed by atoms with Gasteiger partial charge in [-0.1, -0.05) is 0 Å². The zero-order chi connectivity index (χ0) is 13.1. The number of anilines is 3. The van der Waals surface area contributed by atoms with Crippen molar-refractivity contribution in [1.29, 1.82) is 0 Å². The maximum atomic E-state index is 9.20. The monoisotopic (exact) mass is 240 g/mol. The first-order chi connectivity index (χ1) is 7.88. The van der Waals surface area contributed by atoms with Crippen LogP contribution in [-0.2, 0) is 0 Å². The molecule has 7 nitrogen and oxygen atoms in total. The molecule has 0 unspecified atom stereocenters. The Bertz CT molecular complexity index is 379. The minimum Gasteiger partial charge on any atom is -0.394 e. The molecule has 96 valence electrons. The number of hydrogen-bond donors (Lipinski definition) is 3. The van der Waals surface area contributed by atoms with Crippen LogP contribution in [0, 0.1) is 0 Å². The predicted octanol–water partition coefficient (Wildman–Crippen LogP) is 0.162. The lowest BCUT2D eigenvalue weighted by molar-refractivity contribution is 0.233. The Hall–Kier alpha value is -1.63. The van der Waals surface area contributed by atoms with Crippen LogP contribution >= 0.6 is 0 Å². The summed E-state index contributed by atoms with van der Waals surface area (Å²) >= 11 is 0. The Balaban J connectivity index is 3.03. The third kappa shape index (κ3) is 3.70. The van der Waals surface area contributed by atoms with Gasteiger partial charge in [0.1, 0.15) is 0 Å². The van der Waals surface area contributed by atoms with Gasteiger partial charge < -0.3 is 20.6 Å². The standard InChI is InChI=1S/C10H20N6O/c1-10(2,6-17)15-8-12-7(11-3)13-9(14-8)16(4)5/h17H,6H2,1-5H3,(H2,11,12,13,14,15). The minimum atomic E-state index is -0.476. The van der Waals surface area contributed by atoms with Crippen molar-refractivity contribution in [3.05, 3.63) is 0 Å². The molecule has 7 heteroatoms. The van der Waals surface area contributed by atoms with E-state index in [2.05, 4.69) is 25.6 Å². The normalized spacial score (nSPS) is 11.2. The Kier molecular flexibility index (Phi) is 4.06. The second-order valence-corrected chi connectivity index (χ2v) is 4.59. The van der Waals surface area contributed by atoms with Crippen LogP contribution in [0.15, 0.2) is 0 Å². The van der Waals surface area contributed by atoms with E-state index in [4.69, 9.17) is 0 Å². The number of aliphatic hydroxyl groups excluding tert-OH is 1. The number of nitrogens with one attached hydrogen (secondary N) is 2. The van der Waals surface area contributed by atoms with Crippen LogP contribution in [0.1, 0.15) is 13.8 Å². The molecule has 0 spiro atoms. The van der Waals surface area contributed by atoms with Crippen LogP contribution in [0.25, 0.3) is 0 Å². The molecule has 1 rings (SSSR count). The average Bonchev–Trinajstić information content (AvgIpc) is 2.28. The number of nitrogens with zero attached hydrogens (tertiary/aromatic N) is 4. The first-order valence-corrected chi connectivity index (χ1v) is 5.38. The Morgan fingerprint density at radius 2 is 1.76 bits per heavy atom. The lowest BCUT2D eigenvalue weighted by Crippen LogP contribution is -2.36. The van der Waals surface area contributed by atoms with Gasteiger partial charge in [0.2, 0.25) is 17.8 Å². The first-order valence-electron chi connectivity index (χ1n) is 5.38. The summed E-state index contributed by atoms with van der Waals surface area (Å²) in [6, 6.07) is 0. The highest BCUT2D eigenvalue weighted by molar-refractivity contribution is 5.43. The van der Waals surface area contributed by atoms with E-state index >= 15 is 0 Å². The summed E-state index contributed by atoms with van der Waals surface area (Å²) in [5.74, 6) is 1.48. The molecule has 1 heterocycles. The lowest BCUT2D eigenvalue weighted by Gasteiger charge is -2.24. The Morgan fingerprint density at radius 1 is 1.18 bits per heavy atom. The van der Waals surface area contributed by atoms with E-state index in [9.17, 15) is 5.11 Å². The van der Waals surface area contributed by atoms with Gasteiger partial charge in [0.15, 0.2) is 0 Å². The van der Waals surface area contributed by atoms with E-state index in [1.165, 1.54) is 0 Å². The van der Waals surface area contributed by atoms with Crippen LogP contribution in [-0.4, -0.2) is 53.3 Å². The number of aromatic nitrogens is 3. The zero-order valence-electron chi connectivity index (χ0n) is 10.9. The van der Waals surface area contributed by atoms with Crippen LogP contribution in [0.5, 0.6) is 0 Å². The number of aliphatic hydroxyl groups is 1. The van der Waals surface area contributed by atoms with Crippen molar-refractivity contribution in [3.8, 4) is 0 Å². The molecular weight excluding hydrogens is 220 g/mol. The fourth-order valence-corrected chi connectivity index (χ4v) is 1.07. The van der Waals surface area contributed by atoms with Crippen molar-refractivity contribution in [2.45, 2.75) is 19.4 Å².